The molecule has 5 heteroatoms. The minimum Gasteiger partial charge on any atom is -0.354 e. The van der Waals surface area contributed by atoms with Gasteiger partial charge in [0.05, 0.1) is 18.3 Å². The lowest BCUT2D eigenvalue weighted by atomic mass is 10.2. The van der Waals surface area contributed by atoms with E-state index >= 15 is 0 Å². The van der Waals surface area contributed by atoms with Gasteiger partial charge in [0, 0.05) is 5.56 Å². The molecule has 0 aliphatic carbocycles. The van der Waals surface area contributed by atoms with Crippen LogP contribution in [0, 0.1) is 5.82 Å². The van der Waals surface area contributed by atoms with E-state index in [0.717, 1.165) is 11.8 Å². The minimum absolute atomic E-state index is 0.290. The molecule has 0 saturated heterocycles. The van der Waals surface area contributed by atoms with Crippen LogP contribution in [0.3, 0.4) is 0 Å². The smallest absolute Gasteiger partial charge is 0.189 e. The minimum atomic E-state index is -0.388. The highest BCUT2D eigenvalue weighted by molar-refractivity contribution is 6.17. The van der Waals surface area contributed by atoms with Gasteiger partial charge >= 0.3 is 0 Å². The molecule has 2 aromatic rings. The first-order valence-corrected chi connectivity index (χ1v) is 4.46. The first kappa shape index (κ1) is 9.15. The van der Waals surface area contributed by atoms with Crippen molar-refractivity contribution < 1.29 is 8.91 Å². The van der Waals surface area contributed by atoms with Crippen molar-refractivity contribution >= 4 is 11.6 Å². The maximum absolute atomic E-state index is 12.6. The molecular formula is C9H6ClFN2O. The van der Waals surface area contributed by atoms with Crippen LogP contribution >= 0.6 is 11.6 Å². The molecule has 0 amide bonds. The molecule has 72 valence electrons. The Morgan fingerprint density at radius 1 is 1.36 bits per heavy atom. The van der Waals surface area contributed by atoms with Crippen LogP contribution in [0.2, 0.25) is 0 Å². The molecule has 2 heterocycles. The summed E-state index contributed by atoms with van der Waals surface area (Å²) in [6.07, 6.45) is 2.64. The Bertz CT molecular complexity index is 427. The molecule has 2 rings (SSSR count). The number of halogens is 2. The van der Waals surface area contributed by atoms with E-state index in [1.165, 1.54) is 18.3 Å². The second-order valence-electron chi connectivity index (χ2n) is 2.68. The first-order chi connectivity index (χ1) is 6.81. The topological polar surface area (TPSA) is 38.9 Å². The highest BCUT2D eigenvalue weighted by Crippen LogP contribution is 2.22. The summed E-state index contributed by atoms with van der Waals surface area (Å²) in [6, 6.07) is 2.83. The SMILES string of the molecule is Fc1ccc(-c2oncc2CCl)nc1. The zero-order chi connectivity index (χ0) is 9.97. The van der Waals surface area contributed by atoms with Gasteiger partial charge in [-0.1, -0.05) is 5.16 Å². The van der Waals surface area contributed by atoms with E-state index in [1.54, 1.807) is 0 Å². The summed E-state index contributed by atoms with van der Waals surface area (Å²) in [5.74, 6) is 0.387. The quantitative estimate of drug-likeness (QED) is 0.719. The van der Waals surface area contributed by atoms with Crippen molar-refractivity contribution in [1.29, 1.82) is 0 Å². The molecule has 0 spiro atoms. The predicted octanol–water partition coefficient (Wildman–Crippen LogP) is 2.61. The van der Waals surface area contributed by atoms with Crippen LogP contribution < -0.4 is 0 Å². The maximum Gasteiger partial charge on any atom is 0.189 e. The van der Waals surface area contributed by atoms with Crippen molar-refractivity contribution in [3.63, 3.8) is 0 Å². The molecule has 0 atom stereocenters. The molecule has 3 nitrogen and oxygen atoms in total. The Kier molecular flexibility index (Phi) is 2.45. The lowest BCUT2D eigenvalue weighted by molar-refractivity contribution is 0.430. The summed E-state index contributed by atoms with van der Waals surface area (Å²) >= 11 is 5.65. The summed E-state index contributed by atoms with van der Waals surface area (Å²) in [7, 11) is 0. The van der Waals surface area contributed by atoms with Gasteiger partial charge in [0.25, 0.3) is 0 Å². The molecule has 14 heavy (non-hydrogen) atoms. The Morgan fingerprint density at radius 3 is 2.86 bits per heavy atom. The number of rotatable bonds is 2. The highest BCUT2D eigenvalue weighted by atomic mass is 35.5. The fourth-order valence-corrected chi connectivity index (χ4v) is 1.27. The van der Waals surface area contributed by atoms with E-state index in [0.29, 0.717) is 11.5 Å². The molecular weight excluding hydrogens is 207 g/mol. The van der Waals surface area contributed by atoms with Gasteiger partial charge in [-0.15, -0.1) is 11.6 Å². The molecule has 2 aromatic heterocycles. The molecule has 0 aliphatic rings. The molecule has 0 N–H and O–H groups in total. The predicted molar refractivity (Wildman–Crippen MR) is 49.2 cm³/mol. The molecule has 0 radical (unpaired) electrons. The second-order valence-corrected chi connectivity index (χ2v) is 2.94. The number of aromatic nitrogens is 2. The van der Waals surface area contributed by atoms with Crippen LogP contribution in [0.15, 0.2) is 29.0 Å². The fourth-order valence-electron chi connectivity index (χ4n) is 1.08. The van der Waals surface area contributed by atoms with Crippen molar-refractivity contribution in [2.45, 2.75) is 5.88 Å². The molecule has 0 saturated carbocycles. The molecule has 0 unspecified atom stereocenters. The van der Waals surface area contributed by atoms with Crippen LogP contribution in [-0.2, 0) is 5.88 Å². The standard InChI is InChI=1S/C9H6ClFN2O/c10-3-6-4-13-14-9(6)8-2-1-7(11)5-12-8/h1-2,4-5H,3H2. The summed E-state index contributed by atoms with van der Waals surface area (Å²) in [6.45, 7) is 0. The first-order valence-electron chi connectivity index (χ1n) is 3.92. The number of pyridine rings is 1. The van der Waals surface area contributed by atoms with Crippen LogP contribution in [0.25, 0.3) is 11.5 Å². The van der Waals surface area contributed by atoms with E-state index < -0.39 is 0 Å². The van der Waals surface area contributed by atoms with Crippen molar-refractivity contribution in [3.05, 3.63) is 35.9 Å². The maximum atomic E-state index is 12.6. The van der Waals surface area contributed by atoms with Crippen molar-refractivity contribution in [1.82, 2.24) is 10.1 Å². The van der Waals surface area contributed by atoms with Crippen LogP contribution in [-0.4, -0.2) is 10.1 Å². The largest absolute Gasteiger partial charge is 0.354 e. The van der Waals surface area contributed by atoms with E-state index in [9.17, 15) is 4.39 Å². The zero-order valence-corrected chi connectivity index (χ0v) is 7.83. The Hall–Kier alpha value is -1.42. The Balaban J connectivity index is 2.44. The summed E-state index contributed by atoms with van der Waals surface area (Å²) in [4.78, 5) is 3.86. The van der Waals surface area contributed by atoms with Gasteiger partial charge < -0.3 is 4.52 Å². The van der Waals surface area contributed by atoms with Gasteiger partial charge in [0.1, 0.15) is 11.5 Å². The third-order valence-corrected chi connectivity index (χ3v) is 2.04. The van der Waals surface area contributed by atoms with E-state index in [-0.39, 0.29) is 11.7 Å². The van der Waals surface area contributed by atoms with Crippen molar-refractivity contribution in [2.75, 3.05) is 0 Å². The van der Waals surface area contributed by atoms with Gasteiger partial charge in [-0.05, 0) is 12.1 Å². The van der Waals surface area contributed by atoms with E-state index in [4.69, 9.17) is 16.1 Å². The molecule has 0 aromatic carbocycles. The van der Waals surface area contributed by atoms with Crippen LogP contribution in [0.4, 0.5) is 4.39 Å². The summed E-state index contributed by atoms with van der Waals surface area (Å²) < 4.78 is 17.5. The van der Waals surface area contributed by atoms with Gasteiger partial charge in [0.15, 0.2) is 5.76 Å². The van der Waals surface area contributed by atoms with Gasteiger partial charge in [-0.25, -0.2) is 9.37 Å². The summed E-state index contributed by atoms with van der Waals surface area (Å²) in [5.41, 5.74) is 1.27. The summed E-state index contributed by atoms with van der Waals surface area (Å²) in [5, 5.41) is 3.60. The van der Waals surface area contributed by atoms with Crippen molar-refractivity contribution in [2.24, 2.45) is 0 Å². The monoisotopic (exact) mass is 212 g/mol. The molecule has 0 aliphatic heterocycles. The zero-order valence-electron chi connectivity index (χ0n) is 7.08. The third-order valence-electron chi connectivity index (χ3n) is 1.75. The fraction of sp³-hybridized carbons (Fsp3) is 0.111. The Morgan fingerprint density at radius 2 is 2.21 bits per heavy atom. The second kappa shape index (κ2) is 3.75. The number of alkyl halides is 1. The average molecular weight is 213 g/mol. The number of nitrogens with zero attached hydrogens (tertiary/aromatic N) is 2. The number of hydrogen-bond acceptors (Lipinski definition) is 3. The van der Waals surface area contributed by atoms with Gasteiger partial charge in [0.2, 0.25) is 0 Å². The van der Waals surface area contributed by atoms with Crippen molar-refractivity contribution in [3.8, 4) is 11.5 Å². The van der Waals surface area contributed by atoms with Gasteiger partial charge in [-0.2, -0.15) is 0 Å². The normalized spacial score (nSPS) is 10.4. The molecule has 0 bridgehead atoms. The highest BCUT2D eigenvalue weighted by Gasteiger charge is 2.10. The van der Waals surface area contributed by atoms with E-state index in [1.807, 2.05) is 0 Å². The lowest BCUT2D eigenvalue weighted by Gasteiger charge is -1.96. The van der Waals surface area contributed by atoms with Crippen LogP contribution in [0.1, 0.15) is 5.56 Å². The lowest BCUT2D eigenvalue weighted by Crippen LogP contribution is -1.85. The number of hydrogen-bond donors (Lipinski definition) is 0. The Labute approximate surface area is 84.5 Å². The van der Waals surface area contributed by atoms with Crippen LogP contribution in [0.5, 0.6) is 0 Å². The van der Waals surface area contributed by atoms with E-state index in [2.05, 4.69) is 10.1 Å². The molecule has 0 fully saturated rings. The van der Waals surface area contributed by atoms with Gasteiger partial charge in [-0.3, -0.25) is 0 Å². The third kappa shape index (κ3) is 1.61. The average Bonchev–Trinajstić information content (AvgIpc) is 2.67.